The second kappa shape index (κ2) is 10.1. The lowest BCUT2D eigenvalue weighted by Crippen LogP contribution is -2.50. The van der Waals surface area contributed by atoms with Crippen molar-refractivity contribution in [1.82, 2.24) is 4.90 Å². The molecule has 1 heterocycles. The van der Waals surface area contributed by atoms with E-state index in [0.29, 0.717) is 27.3 Å². The number of benzene rings is 3. The highest BCUT2D eigenvalue weighted by atomic mass is 35.5. The van der Waals surface area contributed by atoms with Crippen molar-refractivity contribution in [3.63, 3.8) is 0 Å². The molecule has 0 radical (unpaired) electrons. The van der Waals surface area contributed by atoms with Crippen LogP contribution in [0, 0.1) is 6.57 Å². The van der Waals surface area contributed by atoms with E-state index in [1.807, 2.05) is 48.5 Å². The smallest absolute Gasteiger partial charge is 0.187 e. The van der Waals surface area contributed by atoms with Crippen LogP contribution in [0.25, 0.3) is 4.85 Å². The molecular weight excluding hydrogens is 465 g/mol. The Morgan fingerprint density at radius 2 is 1.62 bits per heavy atom. The molecule has 1 aliphatic rings. The number of hydrogen-bond donors (Lipinski definition) is 1. The summed E-state index contributed by atoms with van der Waals surface area (Å²) in [6, 6.07) is 20.7. The van der Waals surface area contributed by atoms with Crippen LogP contribution < -0.4 is 4.90 Å². The van der Waals surface area contributed by atoms with Gasteiger partial charge < -0.3 is 10.0 Å². The maximum Gasteiger partial charge on any atom is 0.187 e. The summed E-state index contributed by atoms with van der Waals surface area (Å²) in [5.41, 5.74) is 3.63. The first kappa shape index (κ1) is 22.9. The van der Waals surface area contributed by atoms with Crippen molar-refractivity contribution in [2.75, 3.05) is 31.1 Å². The van der Waals surface area contributed by atoms with E-state index in [-0.39, 0.29) is 18.7 Å². The van der Waals surface area contributed by atoms with Crippen LogP contribution in [0.4, 0.5) is 11.4 Å². The van der Waals surface area contributed by atoms with Gasteiger partial charge in [-0.2, -0.15) is 0 Å². The molecule has 0 unspecified atom stereocenters. The molecule has 7 heteroatoms. The number of piperazine rings is 1. The molecule has 0 bridgehead atoms. The van der Waals surface area contributed by atoms with Gasteiger partial charge in [0.15, 0.2) is 5.69 Å². The van der Waals surface area contributed by atoms with Crippen LogP contribution in [-0.2, 0) is 0 Å². The minimum Gasteiger partial charge on any atom is -0.394 e. The lowest BCUT2D eigenvalue weighted by atomic mass is 9.98. The fourth-order valence-electron chi connectivity index (χ4n) is 4.26. The normalized spacial score (nSPS) is 17.7. The van der Waals surface area contributed by atoms with Crippen LogP contribution in [0.1, 0.15) is 23.2 Å². The van der Waals surface area contributed by atoms with Crippen LogP contribution in [0.2, 0.25) is 15.1 Å². The lowest BCUT2D eigenvalue weighted by molar-refractivity contribution is 0.103. The van der Waals surface area contributed by atoms with Gasteiger partial charge in [0.25, 0.3) is 0 Å². The summed E-state index contributed by atoms with van der Waals surface area (Å²) in [6.45, 7) is 9.32. The van der Waals surface area contributed by atoms with Crippen molar-refractivity contribution in [2.24, 2.45) is 0 Å². The van der Waals surface area contributed by atoms with Gasteiger partial charge in [0.2, 0.25) is 0 Å². The molecule has 0 aromatic heterocycles. The molecule has 0 saturated carbocycles. The molecule has 3 aromatic carbocycles. The van der Waals surface area contributed by atoms with Gasteiger partial charge >= 0.3 is 0 Å². The van der Waals surface area contributed by atoms with Crippen molar-refractivity contribution < 1.29 is 5.11 Å². The zero-order valence-electron chi connectivity index (χ0n) is 17.3. The first-order valence-corrected chi connectivity index (χ1v) is 11.4. The monoisotopic (exact) mass is 485 g/mol. The predicted octanol–water partition coefficient (Wildman–Crippen LogP) is 6.79. The van der Waals surface area contributed by atoms with Gasteiger partial charge in [-0.05, 0) is 41.5 Å². The van der Waals surface area contributed by atoms with E-state index < -0.39 is 0 Å². The summed E-state index contributed by atoms with van der Waals surface area (Å²) in [5, 5.41) is 12.1. The molecule has 1 aliphatic heterocycles. The van der Waals surface area contributed by atoms with Gasteiger partial charge in [-0.15, -0.1) is 0 Å². The fourth-order valence-corrected chi connectivity index (χ4v) is 4.91. The molecule has 1 saturated heterocycles. The Hall–Kier alpha value is -2.26. The maximum atomic E-state index is 10.2. The molecule has 4 rings (SSSR count). The highest BCUT2D eigenvalue weighted by molar-refractivity contribution is 6.36. The van der Waals surface area contributed by atoms with E-state index in [4.69, 9.17) is 41.4 Å². The quantitative estimate of drug-likeness (QED) is 0.403. The van der Waals surface area contributed by atoms with Crippen LogP contribution in [0.5, 0.6) is 0 Å². The molecular formula is C25H22Cl3N3O. The van der Waals surface area contributed by atoms with Crippen LogP contribution >= 0.6 is 34.8 Å². The van der Waals surface area contributed by atoms with Crippen LogP contribution in [0.15, 0.2) is 66.7 Å². The van der Waals surface area contributed by atoms with Gasteiger partial charge in [0.05, 0.1) is 36.0 Å². The fraction of sp³-hybridized carbons (Fsp3) is 0.240. The molecule has 2 atom stereocenters. The second-order valence-electron chi connectivity index (χ2n) is 7.75. The predicted molar refractivity (Wildman–Crippen MR) is 132 cm³/mol. The van der Waals surface area contributed by atoms with Gasteiger partial charge in [-0.25, -0.2) is 4.85 Å². The first-order chi connectivity index (χ1) is 15.5. The first-order valence-electron chi connectivity index (χ1n) is 10.3. The molecule has 1 N–H and O–H groups in total. The zero-order chi connectivity index (χ0) is 22.7. The molecule has 0 amide bonds. The number of aliphatic hydroxyl groups excluding tert-OH is 1. The number of halogens is 3. The Bertz CT molecular complexity index is 1110. The Labute approximate surface area is 203 Å². The van der Waals surface area contributed by atoms with E-state index in [0.717, 1.165) is 29.9 Å². The molecule has 1 fully saturated rings. The lowest BCUT2D eigenvalue weighted by Gasteiger charge is -2.46. The number of hydrogen-bond acceptors (Lipinski definition) is 3. The van der Waals surface area contributed by atoms with E-state index in [2.05, 4.69) is 14.6 Å². The molecule has 0 spiro atoms. The number of rotatable bonds is 5. The SMILES string of the molecule is [C-]#[N+]c1ccc([C@H](CO)N2CCN(c3ccc(Cl)cc3Cl)[C@H](c3ccc(Cl)cc3)C2)cc1. The summed E-state index contributed by atoms with van der Waals surface area (Å²) in [5.74, 6) is 0. The summed E-state index contributed by atoms with van der Waals surface area (Å²) in [4.78, 5) is 8.03. The Kier molecular flexibility index (Phi) is 7.25. The number of aliphatic hydroxyl groups is 1. The topological polar surface area (TPSA) is 31.1 Å². The third-order valence-electron chi connectivity index (χ3n) is 5.91. The minimum atomic E-state index is -0.160. The van der Waals surface area contributed by atoms with Crippen molar-refractivity contribution in [1.29, 1.82) is 0 Å². The van der Waals surface area contributed by atoms with Gasteiger partial charge in [-0.3, -0.25) is 4.90 Å². The third kappa shape index (κ3) is 4.88. The van der Waals surface area contributed by atoms with Crippen molar-refractivity contribution in [3.8, 4) is 0 Å². The summed E-state index contributed by atoms with van der Waals surface area (Å²) in [7, 11) is 0. The molecule has 4 nitrogen and oxygen atoms in total. The van der Waals surface area contributed by atoms with Gasteiger partial charge in [-0.1, -0.05) is 71.2 Å². The van der Waals surface area contributed by atoms with E-state index in [9.17, 15) is 5.11 Å². The Balaban J connectivity index is 1.67. The Morgan fingerprint density at radius 1 is 0.938 bits per heavy atom. The van der Waals surface area contributed by atoms with Gasteiger partial charge in [0.1, 0.15) is 0 Å². The highest BCUT2D eigenvalue weighted by Crippen LogP contribution is 2.38. The average molecular weight is 487 g/mol. The largest absolute Gasteiger partial charge is 0.394 e. The summed E-state index contributed by atoms with van der Waals surface area (Å²) >= 11 is 18.8. The van der Waals surface area contributed by atoms with E-state index in [1.165, 1.54) is 0 Å². The zero-order valence-corrected chi connectivity index (χ0v) is 19.5. The van der Waals surface area contributed by atoms with E-state index in [1.54, 1.807) is 18.2 Å². The van der Waals surface area contributed by atoms with Crippen LogP contribution in [-0.4, -0.2) is 36.2 Å². The van der Waals surface area contributed by atoms with Crippen LogP contribution in [0.3, 0.4) is 0 Å². The van der Waals surface area contributed by atoms with E-state index >= 15 is 0 Å². The summed E-state index contributed by atoms with van der Waals surface area (Å²) < 4.78 is 0. The van der Waals surface area contributed by atoms with Crippen molar-refractivity contribution in [2.45, 2.75) is 12.1 Å². The number of nitrogens with zero attached hydrogens (tertiary/aromatic N) is 3. The molecule has 3 aromatic rings. The third-order valence-corrected chi connectivity index (χ3v) is 6.70. The average Bonchev–Trinajstić information content (AvgIpc) is 2.81. The highest BCUT2D eigenvalue weighted by Gasteiger charge is 2.33. The Morgan fingerprint density at radius 3 is 2.25 bits per heavy atom. The van der Waals surface area contributed by atoms with Crippen molar-refractivity contribution in [3.05, 3.63) is 104 Å². The molecule has 0 aliphatic carbocycles. The standard InChI is InChI=1S/C25H22Cl3N3O/c1-29-21-9-4-18(5-10-21)25(16-32)30-12-13-31(23-11-8-20(27)14-22(23)28)24(15-30)17-2-6-19(26)7-3-17/h2-11,14,24-25,32H,12-13,15-16H2/t24-,25-/m0/s1. The number of anilines is 1. The van der Waals surface area contributed by atoms with Crippen molar-refractivity contribution >= 4 is 46.2 Å². The minimum absolute atomic E-state index is 0.00754. The maximum absolute atomic E-state index is 10.2. The van der Waals surface area contributed by atoms with Gasteiger partial charge in [0, 0.05) is 29.7 Å². The summed E-state index contributed by atoms with van der Waals surface area (Å²) in [6.07, 6.45) is 0. The molecule has 164 valence electrons. The second-order valence-corrected chi connectivity index (χ2v) is 9.03. The molecule has 32 heavy (non-hydrogen) atoms.